The lowest BCUT2D eigenvalue weighted by Gasteiger charge is -2.53. The van der Waals surface area contributed by atoms with Gasteiger partial charge in [0.2, 0.25) is 5.91 Å². The second-order valence-corrected chi connectivity index (χ2v) is 11.7. The van der Waals surface area contributed by atoms with Crippen molar-refractivity contribution in [2.75, 3.05) is 25.6 Å². The number of rotatable bonds is 7. The first-order chi connectivity index (χ1) is 15.7. The number of hydrogen-bond acceptors (Lipinski definition) is 7. The highest BCUT2D eigenvalue weighted by Gasteiger charge is 2.53. The zero-order chi connectivity index (χ0) is 23.8. The number of methoxy groups -OCH3 is 1. The first-order valence-electron chi connectivity index (χ1n) is 11.5. The van der Waals surface area contributed by atoms with Crippen molar-refractivity contribution in [2.24, 2.45) is 23.2 Å². The molecular formula is C24H33N3O4S2. The number of thiophene rings is 1. The van der Waals surface area contributed by atoms with Crippen LogP contribution in [0.2, 0.25) is 0 Å². The van der Waals surface area contributed by atoms with Crippen molar-refractivity contribution >= 4 is 39.6 Å². The van der Waals surface area contributed by atoms with Crippen molar-refractivity contribution in [2.45, 2.75) is 52.1 Å². The first kappa shape index (κ1) is 24.3. The number of ether oxygens (including phenoxy) is 1. The van der Waals surface area contributed by atoms with Crippen LogP contribution in [0.25, 0.3) is 0 Å². The third kappa shape index (κ3) is 4.73. The van der Waals surface area contributed by atoms with Crippen LogP contribution in [0.3, 0.4) is 0 Å². The van der Waals surface area contributed by atoms with Crippen molar-refractivity contribution < 1.29 is 19.4 Å². The highest BCUT2D eigenvalue weighted by atomic mass is 32.1. The molecule has 1 fully saturated rings. The summed E-state index contributed by atoms with van der Waals surface area (Å²) >= 11 is 2.95. The molecule has 2 aliphatic rings. The minimum atomic E-state index is -0.582. The van der Waals surface area contributed by atoms with Crippen LogP contribution in [0, 0.1) is 23.2 Å². The summed E-state index contributed by atoms with van der Waals surface area (Å²) in [5.74, 6) is -0.473. The van der Waals surface area contributed by atoms with Gasteiger partial charge in [0.05, 0.1) is 23.3 Å². The van der Waals surface area contributed by atoms with Gasteiger partial charge >= 0.3 is 0 Å². The lowest BCUT2D eigenvalue weighted by molar-refractivity contribution is -0.135. The molecule has 2 heterocycles. The number of hydrogen-bond donors (Lipinski definition) is 3. The van der Waals surface area contributed by atoms with Gasteiger partial charge in [-0.3, -0.25) is 14.9 Å². The topological polar surface area (TPSA) is 101 Å². The van der Waals surface area contributed by atoms with Gasteiger partial charge in [-0.1, -0.05) is 26.8 Å². The van der Waals surface area contributed by atoms with Gasteiger partial charge in [0.1, 0.15) is 0 Å². The average Bonchev–Trinajstić information content (AvgIpc) is 3.43. The molecular weight excluding hydrogens is 458 g/mol. The van der Waals surface area contributed by atoms with E-state index in [0.29, 0.717) is 23.2 Å². The van der Waals surface area contributed by atoms with Crippen molar-refractivity contribution in [3.05, 3.63) is 33.0 Å². The largest absolute Gasteiger partial charge is 0.392 e. The number of amides is 2. The van der Waals surface area contributed by atoms with Crippen LogP contribution in [0.4, 0.5) is 5.13 Å². The lowest BCUT2D eigenvalue weighted by atomic mass is 9.53. The van der Waals surface area contributed by atoms with Crippen molar-refractivity contribution in [3.8, 4) is 0 Å². The summed E-state index contributed by atoms with van der Waals surface area (Å²) in [6, 6.07) is 3.66. The van der Waals surface area contributed by atoms with Gasteiger partial charge in [0.25, 0.3) is 5.91 Å². The fourth-order valence-corrected chi connectivity index (χ4v) is 7.68. The molecule has 2 aliphatic carbocycles. The number of carbonyl (C=O) groups is 2. The van der Waals surface area contributed by atoms with E-state index in [1.165, 1.54) is 16.2 Å². The summed E-state index contributed by atoms with van der Waals surface area (Å²) < 4.78 is 5.02. The number of thiazole rings is 1. The molecule has 7 nitrogen and oxygen atoms in total. The SMILES string of the molecule is COCCNC(=O)C(C)C1CCC2(C)Cc3sc(NC(=O)c4cccs4)nc3C(C)C2C1O. The normalized spacial score (nSPS) is 29.6. The lowest BCUT2D eigenvalue weighted by Crippen LogP contribution is -2.53. The van der Waals surface area contributed by atoms with E-state index >= 15 is 0 Å². The van der Waals surface area contributed by atoms with Crippen LogP contribution in [0.5, 0.6) is 0 Å². The Morgan fingerprint density at radius 1 is 1.42 bits per heavy atom. The zero-order valence-electron chi connectivity index (χ0n) is 19.6. The van der Waals surface area contributed by atoms with Gasteiger partial charge in [0, 0.05) is 30.4 Å². The molecule has 1 saturated carbocycles. The second-order valence-electron chi connectivity index (χ2n) is 9.67. The van der Waals surface area contributed by atoms with Crippen molar-refractivity contribution in [1.82, 2.24) is 10.3 Å². The zero-order valence-corrected chi connectivity index (χ0v) is 21.2. The Morgan fingerprint density at radius 3 is 2.91 bits per heavy atom. The molecule has 0 bridgehead atoms. The summed E-state index contributed by atoms with van der Waals surface area (Å²) in [4.78, 5) is 31.8. The summed E-state index contributed by atoms with van der Waals surface area (Å²) in [5, 5.41) is 19.9. The Balaban J connectivity index is 1.51. The Labute approximate surface area is 203 Å². The first-order valence-corrected chi connectivity index (χ1v) is 13.2. The highest BCUT2D eigenvalue weighted by Crippen LogP contribution is 2.57. The number of carbonyl (C=O) groups excluding carboxylic acids is 2. The molecule has 2 amide bonds. The van der Waals surface area contributed by atoms with Gasteiger partial charge in [-0.15, -0.1) is 22.7 Å². The number of fused-ring (bicyclic) bond motifs is 2. The molecule has 0 spiro atoms. The fourth-order valence-electron chi connectivity index (χ4n) is 5.80. The number of nitrogens with one attached hydrogen (secondary N) is 2. The van der Waals surface area contributed by atoms with E-state index in [1.54, 1.807) is 24.5 Å². The van der Waals surface area contributed by atoms with E-state index in [9.17, 15) is 14.7 Å². The molecule has 4 rings (SSSR count). The Morgan fingerprint density at radius 2 is 2.21 bits per heavy atom. The number of aromatic nitrogens is 1. The van der Waals surface area contributed by atoms with E-state index in [1.807, 2.05) is 18.4 Å². The molecule has 6 atom stereocenters. The minimum Gasteiger partial charge on any atom is -0.392 e. The van der Waals surface area contributed by atoms with Crippen LogP contribution >= 0.6 is 22.7 Å². The molecule has 2 aromatic heterocycles. The van der Waals surface area contributed by atoms with E-state index in [0.717, 1.165) is 25.0 Å². The smallest absolute Gasteiger partial charge is 0.267 e. The molecule has 0 radical (unpaired) electrons. The van der Waals surface area contributed by atoms with E-state index in [2.05, 4.69) is 24.5 Å². The Bertz CT molecular complexity index is 992. The molecule has 0 aliphatic heterocycles. The monoisotopic (exact) mass is 491 g/mol. The molecule has 6 unspecified atom stereocenters. The Kier molecular flexibility index (Phi) is 7.23. The van der Waals surface area contributed by atoms with Crippen molar-refractivity contribution in [1.29, 1.82) is 0 Å². The molecule has 180 valence electrons. The van der Waals surface area contributed by atoms with Crippen LogP contribution in [-0.4, -0.2) is 48.3 Å². The van der Waals surface area contributed by atoms with Gasteiger partial charge in [-0.25, -0.2) is 4.98 Å². The van der Waals surface area contributed by atoms with Crippen LogP contribution in [-0.2, 0) is 16.0 Å². The second kappa shape index (κ2) is 9.82. The number of anilines is 1. The fraction of sp³-hybridized carbons (Fsp3) is 0.625. The van der Waals surface area contributed by atoms with Crippen LogP contribution < -0.4 is 10.6 Å². The number of aliphatic hydroxyl groups is 1. The maximum Gasteiger partial charge on any atom is 0.267 e. The molecule has 0 saturated heterocycles. The minimum absolute atomic E-state index is 0.0147. The van der Waals surface area contributed by atoms with E-state index in [4.69, 9.17) is 9.72 Å². The van der Waals surface area contributed by atoms with Gasteiger partial charge < -0.3 is 15.2 Å². The predicted molar refractivity (Wildman–Crippen MR) is 131 cm³/mol. The molecule has 33 heavy (non-hydrogen) atoms. The molecule has 2 aromatic rings. The third-order valence-corrected chi connectivity index (χ3v) is 9.40. The van der Waals surface area contributed by atoms with Crippen LogP contribution in [0.1, 0.15) is 59.8 Å². The third-order valence-electron chi connectivity index (χ3n) is 7.55. The molecule has 0 aromatic carbocycles. The summed E-state index contributed by atoms with van der Waals surface area (Å²) in [5.41, 5.74) is 0.914. The maximum atomic E-state index is 12.7. The summed E-state index contributed by atoms with van der Waals surface area (Å²) in [6.45, 7) is 7.24. The van der Waals surface area contributed by atoms with Crippen LogP contribution in [0.15, 0.2) is 17.5 Å². The molecule has 3 N–H and O–H groups in total. The quantitative estimate of drug-likeness (QED) is 0.510. The number of aliphatic hydroxyl groups excluding tert-OH is 1. The highest BCUT2D eigenvalue weighted by molar-refractivity contribution is 7.16. The maximum absolute atomic E-state index is 12.7. The number of nitrogens with zero attached hydrogens (tertiary/aromatic N) is 1. The van der Waals surface area contributed by atoms with Gasteiger partial charge in [-0.2, -0.15) is 0 Å². The van der Waals surface area contributed by atoms with E-state index in [-0.39, 0.29) is 40.9 Å². The summed E-state index contributed by atoms with van der Waals surface area (Å²) in [7, 11) is 1.61. The predicted octanol–water partition coefficient (Wildman–Crippen LogP) is 3.91. The Hall–Kier alpha value is -1.81. The average molecular weight is 492 g/mol. The van der Waals surface area contributed by atoms with Gasteiger partial charge in [-0.05, 0) is 48.0 Å². The molecule has 9 heteroatoms. The summed E-state index contributed by atoms with van der Waals surface area (Å²) in [6.07, 6.45) is 2.02. The van der Waals surface area contributed by atoms with Gasteiger partial charge in [0.15, 0.2) is 5.13 Å². The van der Waals surface area contributed by atoms with Crippen molar-refractivity contribution in [3.63, 3.8) is 0 Å². The standard InChI is InChI=1S/C24H33N3O4S2/c1-13(21(29)25-9-10-31-4)15-7-8-24(3)12-17-19(14(2)18(24)20(15)28)26-23(33-17)27-22(30)16-6-5-11-32-16/h5-6,11,13-15,18,20,28H,7-10,12H2,1-4H3,(H,25,29)(H,26,27,30). The van der Waals surface area contributed by atoms with E-state index < -0.39 is 6.10 Å².